The number of benzene rings is 1. The Morgan fingerprint density at radius 1 is 1.37 bits per heavy atom. The fourth-order valence-electron chi connectivity index (χ4n) is 2.34. The van der Waals surface area contributed by atoms with Gasteiger partial charge in [-0.05, 0) is 37.1 Å². The van der Waals surface area contributed by atoms with E-state index in [2.05, 4.69) is 15.5 Å². The summed E-state index contributed by atoms with van der Waals surface area (Å²) in [7, 11) is 0. The van der Waals surface area contributed by atoms with Crippen LogP contribution in [0.2, 0.25) is 0 Å². The molecule has 0 radical (unpaired) electrons. The summed E-state index contributed by atoms with van der Waals surface area (Å²) >= 11 is 0. The standard InChI is InChI=1S/C14H18N4O/c15-13-4-3-10(11-7-17-18-8-11)6-14(13)19-9-12-2-1-5-16-12/h3-4,6-8,12,16H,1-2,5,9,15H2,(H,17,18)/t12-/m0/s1. The topological polar surface area (TPSA) is 76.0 Å². The van der Waals surface area contributed by atoms with Gasteiger partial charge in [0.25, 0.3) is 0 Å². The van der Waals surface area contributed by atoms with Gasteiger partial charge in [0.2, 0.25) is 0 Å². The van der Waals surface area contributed by atoms with Crippen molar-refractivity contribution in [3.63, 3.8) is 0 Å². The van der Waals surface area contributed by atoms with Gasteiger partial charge in [-0.2, -0.15) is 5.10 Å². The molecule has 2 aromatic rings. The van der Waals surface area contributed by atoms with Gasteiger partial charge in [0.1, 0.15) is 12.4 Å². The summed E-state index contributed by atoms with van der Waals surface area (Å²) in [5, 5.41) is 10.2. The average molecular weight is 258 g/mol. The molecule has 19 heavy (non-hydrogen) atoms. The number of anilines is 1. The zero-order chi connectivity index (χ0) is 13.1. The van der Waals surface area contributed by atoms with E-state index in [0.717, 1.165) is 23.4 Å². The van der Waals surface area contributed by atoms with Crippen LogP contribution in [0, 0.1) is 0 Å². The fraction of sp³-hybridized carbons (Fsp3) is 0.357. The Labute approximate surface area is 112 Å². The van der Waals surface area contributed by atoms with Crippen LogP contribution in [0.4, 0.5) is 5.69 Å². The van der Waals surface area contributed by atoms with Crippen LogP contribution in [-0.4, -0.2) is 29.4 Å². The maximum Gasteiger partial charge on any atom is 0.142 e. The van der Waals surface area contributed by atoms with Crippen molar-refractivity contribution in [1.82, 2.24) is 15.5 Å². The van der Waals surface area contributed by atoms with Gasteiger partial charge in [-0.15, -0.1) is 0 Å². The Kier molecular flexibility index (Phi) is 3.37. The van der Waals surface area contributed by atoms with Gasteiger partial charge >= 0.3 is 0 Å². The van der Waals surface area contributed by atoms with E-state index >= 15 is 0 Å². The molecular formula is C14H18N4O. The smallest absolute Gasteiger partial charge is 0.142 e. The average Bonchev–Trinajstić information content (AvgIpc) is 3.11. The van der Waals surface area contributed by atoms with E-state index in [-0.39, 0.29) is 0 Å². The molecule has 0 aliphatic carbocycles. The Morgan fingerprint density at radius 2 is 2.32 bits per heavy atom. The van der Waals surface area contributed by atoms with Crippen LogP contribution in [0.5, 0.6) is 5.75 Å². The number of nitrogens with two attached hydrogens (primary N) is 1. The molecule has 1 saturated heterocycles. The van der Waals surface area contributed by atoms with Crippen LogP contribution in [0.15, 0.2) is 30.6 Å². The minimum Gasteiger partial charge on any atom is -0.490 e. The zero-order valence-electron chi connectivity index (χ0n) is 10.7. The van der Waals surface area contributed by atoms with Crippen molar-refractivity contribution in [3.05, 3.63) is 30.6 Å². The molecule has 0 unspecified atom stereocenters. The lowest BCUT2D eigenvalue weighted by Crippen LogP contribution is -2.28. The third-order valence-electron chi connectivity index (χ3n) is 3.45. The van der Waals surface area contributed by atoms with E-state index in [1.165, 1.54) is 12.8 Å². The first-order valence-electron chi connectivity index (χ1n) is 6.58. The number of hydrogen-bond acceptors (Lipinski definition) is 4. The maximum absolute atomic E-state index is 5.96. The van der Waals surface area contributed by atoms with Crippen LogP contribution in [0.25, 0.3) is 11.1 Å². The molecule has 5 heteroatoms. The second kappa shape index (κ2) is 5.32. The Balaban J connectivity index is 1.74. The number of nitrogens with zero attached hydrogens (tertiary/aromatic N) is 1. The van der Waals surface area contributed by atoms with Gasteiger partial charge in [-0.1, -0.05) is 6.07 Å². The van der Waals surface area contributed by atoms with Crippen molar-refractivity contribution in [2.24, 2.45) is 0 Å². The number of aromatic amines is 1. The second-order valence-corrected chi connectivity index (χ2v) is 4.84. The molecule has 0 spiro atoms. The molecule has 1 aromatic heterocycles. The highest BCUT2D eigenvalue weighted by Gasteiger charge is 2.15. The number of rotatable bonds is 4. The van der Waals surface area contributed by atoms with E-state index < -0.39 is 0 Å². The summed E-state index contributed by atoms with van der Waals surface area (Å²) in [5.41, 5.74) is 8.71. The van der Waals surface area contributed by atoms with E-state index in [0.29, 0.717) is 18.3 Å². The van der Waals surface area contributed by atoms with Gasteiger partial charge in [0.05, 0.1) is 11.9 Å². The Hall–Kier alpha value is -2.01. The van der Waals surface area contributed by atoms with Crippen molar-refractivity contribution in [2.75, 3.05) is 18.9 Å². The van der Waals surface area contributed by atoms with Gasteiger partial charge in [-0.25, -0.2) is 0 Å². The number of H-pyrrole nitrogens is 1. The SMILES string of the molecule is Nc1ccc(-c2cn[nH]c2)cc1OC[C@@H]1CCCN1. The highest BCUT2D eigenvalue weighted by molar-refractivity contribution is 5.68. The monoisotopic (exact) mass is 258 g/mol. The zero-order valence-corrected chi connectivity index (χ0v) is 10.7. The van der Waals surface area contributed by atoms with E-state index in [4.69, 9.17) is 10.5 Å². The molecule has 3 rings (SSSR count). The molecule has 1 fully saturated rings. The number of nitrogen functional groups attached to an aromatic ring is 1. The normalized spacial score (nSPS) is 18.6. The van der Waals surface area contributed by atoms with Crippen LogP contribution in [-0.2, 0) is 0 Å². The van der Waals surface area contributed by atoms with E-state index in [1.54, 1.807) is 6.20 Å². The highest BCUT2D eigenvalue weighted by atomic mass is 16.5. The molecule has 0 amide bonds. The minimum atomic E-state index is 0.442. The van der Waals surface area contributed by atoms with Gasteiger partial charge in [-0.3, -0.25) is 5.10 Å². The van der Waals surface area contributed by atoms with Gasteiger partial charge < -0.3 is 15.8 Å². The maximum atomic E-state index is 5.96. The van der Waals surface area contributed by atoms with Crippen LogP contribution in [0.1, 0.15) is 12.8 Å². The number of ether oxygens (including phenoxy) is 1. The lowest BCUT2D eigenvalue weighted by molar-refractivity contribution is 0.278. The lowest BCUT2D eigenvalue weighted by atomic mass is 10.1. The molecule has 1 aliphatic rings. The molecule has 1 aromatic carbocycles. The minimum absolute atomic E-state index is 0.442. The summed E-state index contributed by atoms with van der Waals surface area (Å²) in [5.74, 6) is 0.743. The molecule has 100 valence electrons. The van der Waals surface area contributed by atoms with E-state index in [1.807, 2.05) is 24.4 Å². The first-order valence-corrected chi connectivity index (χ1v) is 6.58. The molecule has 4 N–H and O–H groups in total. The molecule has 1 atom stereocenters. The first kappa shape index (κ1) is 12.0. The van der Waals surface area contributed by atoms with Crippen molar-refractivity contribution in [3.8, 4) is 16.9 Å². The van der Waals surface area contributed by atoms with E-state index in [9.17, 15) is 0 Å². The predicted octanol–water partition coefficient (Wildman–Crippen LogP) is 1.79. The van der Waals surface area contributed by atoms with Crippen molar-refractivity contribution >= 4 is 5.69 Å². The highest BCUT2D eigenvalue weighted by Crippen LogP contribution is 2.28. The summed E-state index contributed by atoms with van der Waals surface area (Å²) in [6.45, 7) is 1.75. The van der Waals surface area contributed by atoms with Gasteiger partial charge in [0, 0.05) is 17.8 Å². The fourth-order valence-corrected chi connectivity index (χ4v) is 2.34. The van der Waals surface area contributed by atoms with Crippen LogP contribution < -0.4 is 15.8 Å². The third kappa shape index (κ3) is 2.71. The predicted molar refractivity (Wildman–Crippen MR) is 75.0 cm³/mol. The largest absolute Gasteiger partial charge is 0.490 e. The number of aromatic nitrogens is 2. The molecule has 5 nitrogen and oxygen atoms in total. The summed E-state index contributed by atoms with van der Waals surface area (Å²) in [6.07, 6.45) is 6.03. The number of hydrogen-bond donors (Lipinski definition) is 3. The van der Waals surface area contributed by atoms with Gasteiger partial charge in [0.15, 0.2) is 0 Å². The summed E-state index contributed by atoms with van der Waals surface area (Å²) in [4.78, 5) is 0. The molecule has 0 saturated carbocycles. The summed E-state index contributed by atoms with van der Waals surface area (Å²) < 4.78 is 5.84. The van der Waals surface area contributed by atoms with Crippen molar-refractivity contribution in [2.45, 2.75) is 18.9 Å². The second-order valence-electron chi connectivity index (χ2n) is 4.84. The van der Waals surface area contributed by atoms with Crippen molar-refractivity contribution in [1.29, 1.82) is 0 Å². The quantitative estimate of drug-likeness (QED) is 0.731. The number of nitrogens with one attached hydrogen (secondary N) is 2. The van der Waals surface area contributed by atoms with Crippen LogP contribution >= 0.6 is 0 Å². The molecule has 2 heterocycles. The third-order valence-corrected chi connectivity index (χ3v) is 3.45. The lowest BCUT2D eigenvalue weighted by Gasteiger charge is -2.14. The Morgan fingerprint density at radius 3 is 3.05 bits per heavy atom. The molecule has 1 aliphatic heterocycles. The molecule has 0 bridgehead atoms. The summed E-state index contributed by atoms with van der Waals surface area (Å²) in [6, 6.07) is 6.26. The first-order chi connectivity index (χ1) is 9.33. The van der Waals surface area contributed by atoms with Crippen LogP contribution in [0.3, 0.4) is 0 Å². The van der Waals surface area contributed by atoms with Crippen molar-refractivity contribution < 1.29 is 4.74 Å². The Bertz CT molecular complexity index is 532. The molecular weight excluding hydrogens is 240 g/mol.